The third-order valence-corrected chi connectivity index (χ3v) is 15.3. The van der Waals surface area contributed by atoms with E-state index in [9.17, 15) is 19.8 Å². The van der Waals surface area contributed by atoms with Crippen LogP contribution in [0.5, 0.6) is 11.5 Å². The van der Waals surface area contributed by atoms with E-state index in [0.717, 1.165) is 69.8 Å². The molecule has 6 unspecified atom stereocenters. The number of hydrogen-bond donors (Lipinski definition) is 2. The topological polar surface area (TPSA) is 93.1 Å². The van der Waals surface area contributed by atoms with Crippen LogP contribution in [-0.2, 0) is 14.3 Å². The monoisotopic (exact) mass is 632 g/mol. The van der Waals surface area contributed by atoms with Crippen molar-refractivity contribution in [2.45, 2.75) is 112 Å². The molecule has 252 valence electrons. The van der Waals surface area contributed by atoms with Crippen molar-refractivity contribution in [1.29, 1.82) is 0 Å². The number of ether oxygens (including phenoxy) is 2. The van der Waals surface area contributed by atoms with E-state index in [1.165, 1.54) is 18.8 Å². The number of rotatable bonds is 6. The Morgan fingerprint density at radius 3 is 2.33 bits per heavy atom. The second-order valence-electron chi connectivity index (χ2n) is 17.2. The number of hydrogen-bond acceptors (Lipinski definition) is 5. The minimum atomic E-state index is -0.592. The molecule has 0 radical (unpaired) electrons. The number of benzene rings is 1. The van der Waals surface area contributed by atoms with E-state index in [1.807, 2.05) is 0 Å². The molecular formula is C40H56O6. The second kappa shape index (κ2) is 11.2. The first-order valence-electron chi connectivity index (χ1n) is 17.7. The number of allylic oxidation sites excluding steroid dienone is 1. The largest absolute Gasteiger partial charge is 0.504 e. The van der Waals surface area contributed by atoms with Gasteiger partial charge in [0.05, 0.1) is 12.5 Å². The number of aromatic hydroxyl groups is 1. The molecule has 6 heteroatoms. The lowest BCUT2D eigenvalue weighted by Crippen LogP contribution is -2.67. The summed E-state index contributed by atoms with van der Waals surface area (Å²) in [5.74, 6) is 1.42. The van der Waals surface area contributed by atoms with Gasteiger partial charge in [-0.25, -0.2) is 4.79 Å². The first-order chi connectivity index (χ1) is 21.5. The van der Waals surface area contributed by atoms with Gasteiger partial charge in [-0.05, 0) is 141 Å². The first kappa shape index (κ1) is 33.2. The lowest BCUT2D eigenvalue weighted by molar-refractivity contribution is -0.250. The zero-order chi connectivity index (χ0) is 33.4. The molecule has 1 aromatic rings. The third-order valence-electron chi connectivity index (χ3n) is 15.3. The number of phenolic OH excluding ortho intramolecular Hbond substituents is 1. The molecule has 46 heavy (non-hydrogen) atoms. The van der Waals surface area contributed by atoms with Crippen LogP contribution in [0, 0.1) is 56.7 Å². The quantitative estimate of drug-likeness (QED) is 0.185. The van der Waals surface area contributed by atoms with Crippen molar-refractivity contribution < 1.29 is 29.3 Å². The molecule has 0 aliphatic heterocycles. The van der Waals surface area contributed by atoms with Gasteiger partial charge in [0.15, 0.2) is 11.5 Å². The summed E-state index contributed by atoms with van der Waals surface area (Å²) in [6, 6.07) is 5.00. The van der Waals surface area contributed by atoms with Crippen molar-refractivity contribution in [1.82, 2.24) is 0 Å². The highest BCUT2D eigenvalue weighted by molar-refractivity contribution is 5.87. The molecule has 0 heterocycles. The number of fused-ring (bicyclic) bond motifs is 7. The van der Waals surface area contributed by atoms with Crippen LogP contribution in [0.25, 0.3) is 6.08 Å². The van der Waals surface area contributed by atoms with Crippen molar-refractivity contribution in [3.05, 3.63) is 42.0 Å². The second-order valence-corrected chi connectivity index (χ2v) is 17.2. The third kappa shape index (κ3) is 4.62. The minimum absolute atomic E-state index is 0.0618. The number of carboxylic acids is 1. The van der Waals surface area contributed by atoms with E-state index in [0.29, 0.717) is 29.4 Å². The van der Waals surface area contributed by atoms with Gasteiger partial charge in [0.2, 0.25) is 0 Å². The summed E-state index contributed by atoms with van der Waals surface area (Å²) in [5, 5.41) is 20.5. The van der Waals surface area contributed by atoms with Crippen molar-refractivity contribution in [2.24, 2.45) is 56.7 Å². The van der Waals surface area contributed by atoms with Crippen LogP contribution in [0.3, 0.4) is 0 Å². The molecule has 0 aromatic heterocycles. The van der Waals surface area contributed by atoms with Gasteiger partial charge in [-0.1, -0.05) is 52.8 Å². The Balaban J connectivity index is 1.23. The molecule has 5 fully saturated rings. The van der Waals surface area contributed by atoms with E-state index in [2.05, 4.69) is 48.1 Å². The highest BCUT2D eigenvalue weighted by Gasteiger charge is 2.72. The Hall–Kier alpha value is -2.76. The van der Waals surface area contributed by atoms with Gasteiger partial charge in [0.1, 0.15) is 6.10 Å². The Labute approximate surface area is 276 Å². The van der Waals surface area contributed by atoms with Gasteiger partial charge >= 0.3 is 11.9 Å². The molecule has 10 atom stereocenters. The Kier molecular flexibility index (Phi) is 8.04. The first-order valence-corrected chi connectivity index (χ1v) is 17.7. The molecule has 5 aliphatic carbocycles. The maximum Gasteiger partial charge on any atom is 0.331 e. The van der Waals surface area contributed by atoms with Gasteiger partial charge in [-0.2, -0.15) is 0 Å². The molecule has 5 aliphatic rings. The fourth-order valence-corrected chi connectivity index (χ4v) is 12.8. The lowest BCUT2D eigenvalue weighted by atomic mass is 9.32. The summed E-state index contributed by atoms with van der Waals surface area (Å²) in [6.45, 7) is 18.8. The zero-order valence-corrected chi connectivity index (χ0v) is 29.2. The van der Waals surface area contributed by atoms with E-state index in [-0.39, 0.29) is 45.4 Å². The SMILES string of the molecule is C=C(C)C1CC[C@]2(C(=O)O)CC[C@]3(C)C(CCC4[C@@]5(C)CCC(OC(=O)/C=C/c6ccc(O)c(OC)c6)C(C)(C)C5CC[C@]43C)C12. The van der Waals surface area contributed by atoms with Gasteiger partial charge in [0, 0.05) is 11.5 Å². The molecule has 0 amide bonds. The summed E-state index contributed by atoms with van der Waals surface area (Å²) in [6.07, 6.45) is 13.0. The molecule has 6 nitrogen and oxygen atoms in total. The summed E-state index contributed by atoms with van der Waals surface area (Å²) in [7, 11) is 1.50. The number of carbonyl (C=O) groups is 2. The molecule has 1 aromatic carbocycles. The number of carbonyl (C=O) groups excluding carboxylic acids is 1. The normalized spacial score (nSPS) is 42.7. The van der Waals surface area contributed by atoms with Crippen molar-refractivity contribution >= 4 is 18.0 Å². The van der Waals surface area contributed by atoms with Crippen LogP contribution in [0.4, 0.5) is 0 Å². The van der Waals surface area contributed by atoms with Crippen molar-refractivity contribution in [3.8, 4) is 11.5 Å². The fraction of sp³-hybridized carbons (Fsp3) is 0.700. The van der Waals surface area contributed by atoms with Crippen LogP contribution >= 0.6 is 0 Å². The number of carboxylic acid groups (broad SMARTS) is 1. The van der Waals surface area contributed by atoms with Crippen LogP contribution in [-0.4, -0.2) is 35.4 Å². The molecule has 0 saturated heterocycles. The van der Waals surface area contributed by atoms with Gasteiger partial charge in [-0.3, -0.25) is 4.79 Å². The van der Waals surface area contributed by atoms with E-state index in [4.69, 9.17) is 9.47 Å². The van der Waals surface area contributed by atoms with Crippen LogP contribution in [0.15, 0.2) is 36.4 Å². The number of methoxy groups -OCH3 is 1. The summed E-state index contributed by atoms with van der Waals surface area (Å²) in [4.78, 5) is 26.1. The van der Waals surface area contributed by atoms with E-state index in [1.54, 1.807) is 24.3 Å². The fourth-order valence-electron chi connectivity index (χ4n) is 12.8. The Morgan fingerprint density at radius 1 is 0.913 bits per heavy atom. The highest BCUT2D eigenvalue weighted by Crippen LogP contribution is 2.77. The van der Waals surface area contributed by atoms with Crippen LogP contribution in [0.1, 0.15) is 111 Å². The van der Waals surface area contributed by atoms with Crippen LogP contribution in [0.2, 0.25) is 0 Å². The van der Waals surface area contributed by atoms with Crippen molar-refractivity contribution in [2.75, 3.05) is 7.11 Å². The summed E-state index contributed by atoms with van der Waals surface area (Å²) in [5.41, 5.74) is 1.54. The Morgan fingerprint density at radius 2 is 1.65 bits per heavy atom. The number of aliphatic carboxylic acids is 1. The van der Waals surface area contributed by atoms with Crippen LogP contribution < -0.4 is 4.74 Å². The zero-order valence-electron chi connectivity index (χ0n) is 29.2. The van der Waals surface area contributed by atoms with E-state index >= 15 is 0 Å². The maximum atomic E-state index is 13.1. The maximum absolute atomic E-state index is 13.1. The van der Waals surface area contributed by atoms with Gasteiger partial charge in [-0.15, -0.1) is 0 Å². The predicted octanol–water partition coefficient (Wildman–Crippen LogP) is 9.07. The molecule has 0 spiro atoms. The predicted molar refractivity (Wildman–Crippen MR) is 180 cm³/mol. The Bertz CT molecular complexity index is 1440. The molecule has 5 saturated carbocycles. The lowest BCUT2D eigenvalue weighted by Gasteiger charge is -2.72. The summed E-state index contributed by atoms with van der Waals surface area (Å²) < 4.78 is 11.4. The average molecular weight is 633 g/mol. The summed E-state index contributed by atoms with van der Waals surface area (Å²) >= 11 is 0. The number of esters is 1. The molecule has 6 rings (SSSR count). The minimum Gasteiger partial charge on any atom is -0.504 e. The number of phenols is 1. The van der Waals surface area contributed by atoms with Crippen molar-refractivity contribution in [3.63, 3.8) is 0 Å². The van der Waals surface area contributed by atoms with Gasteiger partial charge < -0.3 is 19.7 Å². The standard InChI is InChI=1S/C40H56O6/c1-24(2)26-15-20-40(35(43)44)22-21-38(6)27(34(26)40)11-13-31-37(5)18-17-32(36(3,4)30(37)16-19-39(31,38)7)46-33(42)14-10-25-9-12-28(41)29(23-25)45-8/h9-10,12,14,23,26-27,30-32,34,41H,1,11,13,15-22H2,2-8H3,(H,43,44)/b14-10+/t26?,27?,30?,31?,32?,34?,37-,38+,39+,40-/m0/s1. The highest BCUT2D eigenvalue weighted by atomic mass is 16.5. The smallest absolute Gasteiger partial charge is 0.331 e. The molecule has 0 bridgehead atoms. The average Bonchev–Trinajstić information content (AvgIpc) is 3.40. The van der Waals surface area contributed by atoms with Gasteiger partial charge in [0.25, 0.3) is 0 Å². The van der Waals surface area contributed by atoms with E-state index < -0.39 is 11.4 Å². The molecular weight excluding hydrogens is 576 g/mol. The molecule has 2 N–H and O–H groups in total.